The molecule has 0 amide bonds. The van der Waals surface area contributed by atoms with Crippen LogP contribution in [0, 0.1) is 13.8 Å². The number of nitrogens with zero attached hydrogens (tertiary/aromatic N) is 3. The highest BCUT2D eigenvalue weighted by Gasteiger charge is 2.00. The number of nitrogens with two attached hydrogens (primary N) is 1. The molecule has 2 rings (SSSR count). The van der Waals surface area contributed by atoms with Crippen molar-refractivity contribution in [3.05, 3.63) is 47.5 Å². The van der Waals surface area contributed by atoms with E-state index >= 15 is 0 Å². The lowest BCUT2D eigenvalue weighted by Crippen LogP contribution is -2.22. The van der Waals surface area contributed by atoms with Crippen molar-refractivity contribution in [2.45, 2.75) is 20.4 Å². The van der Waals surface area contributed by atoms with E-state index in [1.165, 1.54) is 11.1 Å². The normalized spacial score (nSPS) is 11.6. The standard InChI is InChI=1S/C14H19N5/c1-10-4-5-12(8-11(10)2)18-14(15)17-9-13-16-6-7-19(13)3/h4-8H,9H2,1-3H3,(H3,15,17,18). The molecule has 0 fully saturated rings. The van der Waals surface area contributed by atoms with Gasteiger partial charge in [-0.1, -0.05) is 6.07 Å². The van der Waals surface area contributed by atoms with Gasteiger partial charge in [0.15, 0.2) is 5.96 Å². The number of hydrogen-bond donors (Lipinski definition) is 2. The predicted molar refractivity (Wildman–Crippen MR) is 78.1 cm³/mol. The van der Waals surface area contributed by atoms with Gasteiger partial charge in [0.2, 0.25) is 0 Å². The zero-order chi connectivity index (χ0) is 13.8. The van der Waals surface area contributed by atoms with Gasteiger partial charge in [-0.15, -0.1) is 0 Å². The van der Waals surface area contributed by atoms with Gasteiger partial charge >= 0.3 is 0 Å². The quantitative estimate of drug-likeness (QED) is 0.652. The van der Waals surface area contributed by atoms with Crippen LogP contribution in [0.3, 0.4) is 0 Å². The molecule has 2 aromatic rings. The third-order valence-electron chi connectivity index (χ3n) is 3.09. The Hall–Kier alpha value is -2.30. The number of imidazole rings is 1. The Morgan fingerprint density at radius 1 is 1.37 bits per heavy atom. The summed E-state index contributed by atoms with van der Waals surface area (Å²) in [5, 5.41) is 3.08. The van der Waals surface area contributed by atoms with Gasteiger partial charge in [0.1, 0.15) is 12.4 Å². The Balaban J connectivity index is 2.02. The third kappa shape index (κ3) is 3.34. The summed E-state index contributed by atoms with van der Waals surface area (Å²) in [6, 6.07) is 6.10. The van der Waals surface area contributed by atoms with E-state index in [0.29, 0.717) is 12.5 Å². The maximum Gasteiger partial charge on any atom is 0.193 e. The average molecular weight is 257 g/mol. The van der Waals surface area contributed by atoms with Gasteiger partial charge in [-0.05, 0) is 37.1 Å². The molecule has 0 atom stereocenters. The van der Waals surface area contributed by atoms with Crippen LogP contribution in [0.1, 0.15) is 17.0 Å². The Morgan fingerprint density at radius 2 is 2.16 bits per heavy atom. The van der Waals surface area contributed by atoms with Crippen LogP contribution in [0.25, 0.3) is 0 Å². The molecule has 100 valence electrons. The molecule has 0 aliphatic carbocycles. The SMILES string of the molecule is Cc1ccc(NC(N)=NCc2nccn2C)cc1C. The van der Waals surface area contributed by atoms with Crippen molar-refractivity contribution in [2.75, 3.05) is 5.32 Å². The molecule has 0 bridgehead atoms. The second kappa shape index (κ2) is 5.56. The fraction of sp³-hybridized carbons (Fsp3) is 0.286. The highest BCUT2D eigenvalue weighted by Crippen LogP contribution is 2.13. The molecule has 1 aromatic carbocycles. The monoisotopic (exact) mass is 257 g/mol. The fourth-order valence-corrected chi connectivity index (χ4v) is 1.71. The summed E-state index contributed by atoms with van der Waals surface area (Å²) < 4.78 is 1.92. The van der Waals surface area contributed by atoms with Crippen molar-refractivity contribution in [1.29, 1.82) is 0 Å². The number of aliphatic imine (C=N–C) groups is 1. The third-order valence-corrected chi connectivity index (χ3v) is 3.09. The number of anilines is 1. The molecule has 0 radical (unpaired) electrons. The molecule has 0 saturated carbocycles. The van der Waals surface area contributed by atoms with E-state index in [4.69, 9.17) is 5.73 Å². The Kier molecular flexibility index (Phi) is 3.85. The zero-order valence-corrected chi connectivity index (χ0v) is 11.5. The van der Waals surface area contributed by atoms with Crippen LogP contribution in [-0.4, -0.2) is 15.5 Å². The smallest absolute Gasteiger partial charge is 0.193 e. The molecule has 1 heterocycles. The molecule has 0 spiro atoms. The number of nitrogens with one attached hydrogen (secondary N) is 1. The van der Waals surface area contributed by atoms with E-state index in [2.05, 4.69) is 41.3 Å². The molecule has 0 unspecified atom stereocenters. The average Bonchev–Trinajstić information content (AvgIpc) is 2.77. The first kappa shape index (κ1) is 13.1. The second-order valence-corrected chi connectivity index (χ2v) is 4.58. The maximum atomic E-state index is 5.86. The highest BCUT2D eigenvalue weighted by molar-refractivity contribution is 5.92. The minimum absolute atomic E-state index is 0.395. The first-order valence-corrected chi connectivity index (χ1v) is 6.16. The van der Waals surface area contributed by atoms with Crippen LogP contribution in [0.2, 0.25) is 0 Å². The van der Waals surface area contributed by atoms with Crippen LogP contribution >= 0.6 is 0 Å². The minimum atomic E-state index is 0.395. The van der Waals surface area contributed by atoms with E-state index in [9.17, 15) is 0 Å². The zero-order valence-electron chi connectivity index (χ0n) is 11.5. The molecule has 0 aliphatic rings. The number of aryl methyl sites for hydroxylation is 3. The van der Waals surface area contributed by atoms with Crippen molar-refractivity contribution >= 4 is 11.6 Å². The van der Waals surface area contributed by atoms with Crippen LogP contribution in [0.4, 0.5) is 5.69 Å². The van der Waals surface area contributed by atoms with Gasteiger partial charge in [0.25, 0.3) is 0 Å². The Morgan fingerprint density at radius 3 is 2.79 bits per heavy atom. The molecular weight excluding hydrogens is 238 g/mol. The van der Waals surface area contributed by atoms with Gasteiger partial charge < -0.3 is 15.6 Å². The summed E-state index contributed by atoms with van der Waals surface area (Å²) in [5.74, 6) is 1.27. The number of guanidine groups is 1. The van der Waals surface area contributed by atoms with E-state index in [0.717, 1.165) is 11.5 Å². The molecular formula is C14H19N5. The first-order chi connectivity index (χ1) is 9.06. The van der Waals surface area contributed by atoms with Gasteiger partial charge in [-0.25, -0.2) is 9.98 Å². The van der Waals surface area contributed by atoms with E-state index < -0.39 is 0 Å². The van der Waals surface area contributed by atoms with Gasteiger partial charge in [0, 0.05) is 25.1 Å². The molecule has 19 heavy (non-hydrogen) atoms. The Bertz CT molecular complexity index is 598. The molecule has 0 aliphatic heterocycles. The lowest BCUT2D eigenvalue weighted by Gasteiger charge is -2.08. The summed E-state index contributed by atoms with van der Waals surface area (Å²) in [4.78, 5) is 8.47. The molecule has 5 nitrogen and oxygen atoms in total. The van der Waals surface area contributed by atoms with Crippen molar-refractivity contribution in [3.8, 4) is 0 Å². The summed E-state index contributed by atoms with van der Waals surface area (Å²) >= 11 is 0. The Labute approximate surface area is 113 Å². The van der Waals surface area contributed by atoms with Crippen LogP contribution in [-0.2, 0) is 13.6 Å². The van der Waals surface area contributed by atoms with Crippen molar-refractivity contribution in [2.24, 2.45) is 17.8 Å². The van der Waals surface area contributed by atoms with Crippen molar-refractivity contribution < 1.29 is 0 Å². The molecule has 5 heteroatoms. The number of hydrogen-bond acceptors (Lipinski definition) is 2. The van der Waals surface area contributed by atoms with E-state index in [-0.39, 0.29) is 0 Å². The number of rotatable bonds is 3. The fourth-order valence-electron chi connectivity index (χ4n) is 1.71. The topological polar surface area (TPSA) is 68.2 Å². The molecule has 3 N–H and O–H groups in total. The second-order valence-electron chi connectivity index (χ2n) is 4.58. The molecule has 1 aromatic heterocycles. The highest BCUT2D eigenvalue weighted by atomic mass is 15.1. The number of benzene rings is 1. The molecule has 0 saturated heterocycles. The lowest BCUT2D eigenvalue weighted by molar-refractivity contribution is 0.793. The largest absolute Gasteiger partial charge is 0.370 e. The van der Waals surface area contributed by atoms with E-state index in [1.807, 2.05) is 23.9 Å². The van der Waals surface area contributed by atoms with Crippen LogP contribution < -0.4 is 11.1 Å². The van der Waals surface area contributed by atoms with E-state index in [1.54, 1.807) is 6.20 Å². The van der Waals surface area contributed by atoms with Gasteiger partial charge in [-0.3, -0.25) is 0 Å². The van der Waals surface area contributed by atoms with Crippen molar-refractivity contribution in [1.82, 2.24) is 9.55 Å². The van der Waals surface area contributed by atoms with Gasteiger partial charge in [0.05, 0.1) is 0 Å². The maximum absolute atomic E-state index is 5.86. The van der Waals surface area contributed by atoms with Crippen LogP contribution in [0.5, 0.6) is 0 Å². The van der Waals surface area contributed by atoms with Crippen molar-refractivity contribution in [3.63, 3.8) is 0 Å². The predicted octanol–water partition coefficient (Wildman–Crippen LogP) is 1.96. The number of aromatic nitrogens is 2. The summed E-state index contributed by atoms with van der Waals surface area (Å²) in [6.45, 7) is 4.62. The minimum Gasteiger partial charge on any atom is -0.370 e. The summed E-state index contributed by atoms with van der Waals surface area (Å²) in [7, 11) is 1.94. The van der Waals surface area contributed by atoms with Crippen LogP contribution in [0.15, 0.2) is 35.6 Å². The lowest BCUT2D eigenvalue weighted by atomic mass is 10.1. The summed E-state index contributed by atoms with van der Waals surface area (Å²) in [5.41, 5.74) is 9.29. The summed E-state index contributed by atoms with van der Waals surface area (Å²) in [6.07, 6.45) is 3.63. The van der Waals surface area contributed by atoms with Gasteiger partial charge in [-0.2, -0.15) is 0 Å². The first-order valence-electron chi connectivity index (χ1n) is 6.16.